The van der Waals surface area contributed by atoms with Crippen molar-refractivity contribution in [2.24, 2.45) is 0 Å². The van der Waals surface area contributed by atoms with E-state index < -0.39 is 5.97 Å². The number of benzene rings is 1. The number of hydrogen-bond donors (Lipinski definition) is 2. The summed E-state index contributed by atoms with van der Waals surface area (Å²) in [5.41, 5.74) is 0.763. The fraction of sp³-hybridized carbons (Fsp3) is 0.214. The summed E-state index contributed by atoms with van der Waals surface area (Å²) < 4.78 is 10.3. The summed E-state index contributed by atoms with van der Waals surface area (Å²) in [4.78, 5) is 11.1. The summed E-state index contributed by atoms with van der Waals surface area (Å²) in [6.07, 6.45) is 2.30. The molecule has 0 saturated heterocycles. The van der Waals surface area contributed by atoms with Gasteiger partial charge in [-0.1, -0.05) is 0 Å². The summed E-state index contributed by atoms with van der Waals surface area (Å²) >= 11 is 0. The monoisotopic (exact) mass is 261 g/mol. The van der Waals surface area contributed by atoms with Gasteiger partial charge in [0.25, 0.3) is 0 Å². The second-order valence-electron chi connectivity index (χ2n) is 3.97. The minimum atomic E-state index is -0.969. The van der Waals surface area contributed by atoms with Gasteiger partial charge in [-0.15, -0.1) is 0 Å². The van der Waals surface area contributed by atoms with Gasteiger partial charge >= 0.3 is 5.97 Å². The molecule has 1 aromatic carbocycles. The molecule has 2 aromatic rings. The largest absolute Gasteiger partial charge is 0.497 e. The van der Waals surface area contributed by atoms with Gasteiger partial charge in [-0.25, -0.2) is 4.79 Å². The van der Waals surface area contributed by atoms with Crippen LogP contribution >= 0.6 is 0 Å². The summed E-state index contributed by atoms with van der Waals surface area (Å²) in [5, 5.41) is 12.2. The highest BCUT2D eigenvalue weighted by molar-refractivity contribution is 5.94. The highest BCUT2D eigenvalue weighted by Crippen LogP contribution is 2.22. The van der Waals surface area contributed by atoms with Crippen LogP contribution in [0.25, 0.3) is 0 Å². The Bertz CT molecular complexity index is 549. The van der Waals surface area contributed by atoms with Crippen LogP contribution in [0, 0.1) is 0 Å². The van der Waals surface area contributed by atoms with Crippen LogP contribution in [-0.4, -0.2) is 24.7 Å². The van der Waals surface area contributed by atoms with Gasteiger partial charge in [0.2, 0.25) is 0 Å². The predicted molar refractivity (Wildman–Crippen MR) is 70.9 cm³/mol. The van der Waals surface area contributed by atoms with Crippen molar-refractivity contribution in [2.75, 3.05) is 19.0 Å². The van der Waals surface area contributed by atoms with Crippen LogP contribution in [0.5, 0.6) is 5.75 Å². The first-order valence-corrected chi connectivity index (χ1v) is 5.88. The predicted octanol–water partition coefficient (Wildman–Crippen LogP) is 2.64. The molecule has 0 amide bonds. The fourth-order valence-corrected chi connectivity index (χ4v) is 1.76. The SMILES string of the molecule is COc1ccc(C(=O)O)c(NCCc2ccco2)c1. The van der Waals surface area contributed by atoms with Crippen molar-refractivity contribution in [3.8, 4) is 5.75 Å². The van der Waals surface area contributed by atoms with Crippen LogP contribution in [0.15, 0.2) is 41.0 Å². The lowest BCUT2D eigenvalue weighted by Gasteiger charge is -2.10. The van der Waals surface area contributed by atoms with Crippen molar-refractivity contribution in [3.05, 3.63) is 47.9 Å². The van der Waals surface area contributed by atoms with Crippen molar-refractivity contribution in [3.63, 3.8) is 0 Å². The topological polar surface area (TPSA) is 71.7 Å². The molecule has 0 aliphatic carbocycles. The Morgan fingerprint density at radius 1 is 1.42 bits per heavy atom. The second-order valence-corrected chi connectivity index (χ2v) is 3.97. The molecule has 0 bridgehead atoms. The maximum Gasteiger partial charge on any atom is 0.337 e. The zero-order valence-electron chi connectivity index (χ0n) is 10.6. The Morgan fingerprint density at radius 3 is 2.89 bits per heavy atom. The zero-order valence-corrected chi connectivity index (χ0v) is 10.6. The van der Waals surface area contributed by atoms with E-state index in [4.69, 9.17) is 14.3 Å². The number of hydrogen-bond acceptors (Lipinski definition) is 4. The first-order valence-electron chi connectivity index (χ1n) is 5.88. The molecular weight excluding hydrogens is 246 g/mol. The molecule has 1 heterocycles. The van der Waals surface area contributed by atoms with Crippen LogP contribution in [-0.2, 0) is 6.42 Å². The molecule has 0 aliphatic rings. The van der Waals surface area contributed by atoms with Crippen LogP contribution in [0.3, 0.4) is 0 Å². The molecule has 0 fully saturated rings. The van der Waals surface area contributed by atoms with Crippen molar-refractivity contribution in [2.45, 2.75) is 6.42 Å². The van der Waals surface area contributed by atoms with Gasteiger partial charge in [-0.3, -0.25) is 0 Å². The highest BCUT2D eigenvalue weighted by Gasteiger charge is 2.10. The van der Waals surface area contributed by atoms with Crippen molar-refractivity contribution in [1.82, 2.24) is 0 Å². The van der Waals surface area contributed by atoms with Gasteiger partial charge in [0.05, 0.1) is 24.6 Å². The minimum absolute atomic E-state index is 0.222. The quantitative estimate of drug-likeness (QED) is 0.836. The van der Waals surface area contributed by atoms with E-state index in [9.17, 15) is 4.79 Å². The van der Waals surface area contributed by atoms with E-state index in [0.29, 0.717) is 24.4 Å². The van der Waals surface area contributed by atoms with Crippen molar-refractivity contribution in [1.29, 1.82) is 0 Å². The summed E-state index contributed by atoms with van der Waals surface area (Å²) in [5.74, 6) is 0.501. The summed E-state index contributed by atoms with van der Waals surface area (Å²) in [7, 11) is 1.54. The minimum Gasteiger partial charge on any atom is -0.497 e. The Labute approximate surface area is 110 Å². The zero-order chi connectivity index (χ0) is 13.7. The van der Waals surface area contributed by atoms with Crippen LogP contribution in [0.4, 0.5) is 5.69 Å². The number of aromatic carboxylic acids is 1. The number of nitrogens with one attached hydrogen (secondary N) is 1. The lowest BCUT2D eigenvalue weighted by atomic mass is 10.1. The summed E-state index contributed by atoms with van der Waals surface area (Å²) in [6, 6.07) is 8.53. The van der Waals surface area contributed by atoms with E-state index in [0.717, 1.165) is 5.76 Å². The third-order valence-corrected chi connectivity index (χ3v) is 2.72. The van der Waals surface area contributed by atoms with E-state index >= 15 is 0 Å². The molecule has 0 radical (unpaired) electrons. The number of furan rings is 1. The second kappa shape index (κ2) is 5.95. The number of rotatable bonds is 6. The van der Waals surface area contributed by atoms with E-state index in [2.05, 4.69) is 5.32 Å². The molecule has 19 heavy (non-hydrogen) atoms. The Hall–Kier alpha value is -2.43. The van der Waals surface area contributed by atoms with Crippen LogP contribution < -0.4 is 10.1 Å². The molecule has 2 N–H and O–H groups in total. The third kappa shape index (κ3) is 3.28. The number of carboxylic acids is 1. The lowest BCUT2D eigenvalue weighted by molar-refractivity contribution is 0.0698. The van der Waals surface area contributed by atoms with Gasteiger partial charge in [0, 0.05) is 19.0 Å². The third-order valence-electron chi connectivity index (χ3n) is 2.72. The molecule has 0 saturated carbocycles. The average Bonchev–Trinajstić information content (AvgIpc) is 2.91. The van der Waals surface area contributed by atoms with Crippen LogP contribution in [0.1, 0.15) is 16.1 Å². The Morgan fingerprint density at radius 2 is 2.26 bits per heavy atom. The summed E-state index contributed by atoms with van der Waals surface area (Å²) in [6.45, 7) is 0.584. The molecule has 0 unspecified atom stereocenters. The molecule has 100 valence electrons. The molecule has 5 nitrogen and oxygen atoms in total. The first kappa shape index (κ1) is 13.0. The van der Waals surface area contributed by atoms with Gasteiger partial charge in [0.1, 0.15) is 11.5 Å². The van der Waals surface area contributed by atoms with Gasteiger partial charge in [-0.2, -0.15) is 0 Å². The molecule has 5 heteroatoms. The van der Waals surface area contributed by atoms with Gasteiger partial charge < -0.3 is 19.6 Å². The smallest absolute Gasteiger partial charge is 0.337 e. The van der Waals surface area contributed by atoms with E-state index in [1.807, 2.05) is 12.1 Å². The molecule has 0 spiro atoms. The average molecular weight is 261 g/mol. The fourth-order valence-electron chi connectivity index (χ4n) is 1.76. The van der Waals surface area contributed by atoms with E-state index in [1.165, 1.54) is 6.07 Å². The number of ether oxygens (including phenoxy) is 1. The van der Waals surface area contributed by atoms with Crippen molar-refractivity contribution >= 4 is 11.7 Å². The van der Waals surface area contributed by atoms with Gasteiger partial charge in [-0.05, 0) is 24.3 Å². The van der Waals surface area contributed by atoms with E-state index in [1.54, 1.807) is 25.5 Å². The van der Waals surface area contributed by atoms with Crippen molar-refractivity contribution < 1.29 is 19.1 Å². The van der Waals surface area contributed by atoms with Gasteiger partial charge in [0.15, 0.2) is 0 Å². The Balaban J connectivity index is 2.06. The highest BCUT2D eigenvalue weighted by atomic mass is 16.5. The van der Waals surface area contributed by atoms with E-state index in [-0.39, 0.29) is 5.56 Å². The molecule has 1 aromatic heterocycles. The first-order chi connectivity index (χ1) is 9.20. The number of anilines is 1. The Kier molecular flexibility index (Phi) is 4.07. The normalized spacial score (nSPS) is 10.2. The molecule has 0 atom stereocenters. The number of methoxy groups -OCH3 is 1. The van der Waals surface area contributed by atoms with Crippen LogP contribution in [0.2, 0.25) is 0 Å². The maximum atomic E-state index is 11.1. The number of carbonyl (C=O) groups is 1. The molecular formula is C14H15NO4. The molecule has 0 aliphatic heterocycles. The maximum absolute atomic E-state index is 11.1. The number of carboxylic acid groups (broad SMARTS) is 1. The molecule has 2 rings (SSSR count). The lowest BCUT2D eigenvalue weighted by Crippen LogP contribution is -2.09. The standard InChI is InChI=1S/C14H15NO4/c1-18-11-4-5-12(14(16)17)13(9-11)15-7-6-10-3-2-8-19-10/h2-5,8-9,15H,6-7H2,1H3,(H,16,17).